The standard InChI is InChI=1S/C33H48F2N6O/c34-33(35)15-13-27(14-16-33)32(42)39-29(25-8-2-1-3-9-25)24-40-21-19-37-28(22-40)23-41(20-5-4-17-36)30-12-6-10-26-11-7-18-38-31(26)30/h1-3,7-9,11,18,27-30,37H,4-6,10,12-17,19-24,36H2,(H,39,42)/t28-,29-,30+/m1/s1. The Hall–Kier alpha value is -2.46. The number of aromatic nitrogens is 1. The van der Waals surface area contributed by atoms with E-state index in [9.17, 15) is 13.6 Å². The third kappa shape index (κ3) is 8.34. The van der Waals surface area contributed by atoms with Gasteiger partial charge >= 0.3 is 0 Å². The molecule has 0 radical (unpaired) electrons. The van der Waals surface area contributed by atoms with E-state index in [1.165, 1.54) is 17.7 Å². The number of hydrogen-bond donors (Lipinski definition) is 3. The van der Waals surface area contributed by atoms with Gasteiger partial charge in [-0.2, -0.15) is 0 Å². The third-order valence-electron chi connectivity index (χ3n) is 9.35. The number of carbonyl (C=O) groups excluding carboxylic acids is 1. The number of alkyl halides is 2. The van der Waals surface area contributed by atoms with Gasteiger partial charge in [-0.3, -0.25) is 19.6 Å². The molecule has 230 valence electrons. The number of carbonyl (C=O) groups is 1. The van der Waals surface area contributed by atoms with E-state index >= 15 is 0 Å². The summed E-state index contributed by atoms with van der Waals surface area (Å²) in [4.78, 5) is 23.1. The summed E-state index contributed by atoms with van der Waals surface area (Å²) in [5.74, 6) is -3.08. The van der Waals surface area contributed by atoms with Gasteiger partial charge in [0.15, 0.2) is 0 Å². The summed E-state index contributed by atoms with van der Waals surface area (Å²) in [5.41, 5.74) is 9.51. The van der Waals surface area contributed by atoms with Gasteiger partial charge in [0, 0.05) is 63.7 Å². The molecule has 1 aromatic heterocycles. The molecule has 2 fully saturated rings. The first-order valence-corrected chi connectivity index (χ1v) is 16.0. The zero-order valence-electron chi connectivity index (χ0n) is 24.8. The Labute approximate surface area is 249 Å². The highest BCUT2D eigenvalue weighted by Gasteiger charge is 2.38. The minimum absolute atomic E-state index is 0.0967. The Kier molecular flexibility index (Phi) is 10.9. The zero-order chi connectivity index (χ0) is 29.4. The summed E-state index contributed by atoms with van der Waals surface area (Å²) in [6, 6.07) is 14.8. The van der Waals surface area contributed by atoms with Crippen LogP contribution in [0.4, 0.5) is 8.78 Å². The molecular formula is C33H48F2N6O. The molecule has 3 aliphatic rings. The van der Waals surface area contributed by atoms with Crippen molar-refractivity contribution in [3.63, 3.8) is 0 Å². The Bertz CT molecular complexity index is 1120. The van der Waals surface area contributed by atoms with Gasteiger partial charge in [0.1, 0.15) is 0 Å². The fourth-order valence-corrected chi connectivity index (χ4v) is 7.01. The second-order valence-corrected chi connectivity index (χ2v) is 12.5. The molecule has 42 heavy (non-hydrogen) atoms. The van der Waals surface area contributed by atoms with Crippen molar-refractivity contribution in [1.82, 2.24) is 25.4 Å². The number of nitrogens with two attached hydrogens (primary N) is 1. The van der Waals surface area contributed by atoms with Crippen molar-refractivity contribution < 1.29 is 13.6 Å². The molecule has 1 aliphatic heterocycles. The Morgan fingerprint density at radius 3 is 2.74 bits per heavy atom. The van der Waals surface area contributed by atoms with Crippen LogP contribution in [-0.4, -0.2) is 78.5 Å². The van der Waals surface area contributed by atoms with Gasteiger partial charge in [-0.05, 0) is 75.2 Å². The van der Waals surface area contributed by atoms with E-state index in [1.54, 1.807) is 0 Å². The molecule has 4 N–H and O–H groups in total. The lowest BCUT2D eigenvalue weighted by Crippen LogP contribution is -2.56. The van der Waals surface area contributed by atoms with E-state index in [0.717, 1.165) is 64.0 Å². The second-order valence-electron chi connectivity index (χ2n) is 12.5. The number of benzene rings is 1. The number of rotatable bonds is 12. The molecule has 2 aromatic rings. The summed E-state index contributed by atoms with van der Waals surface area (Å²) < 4.78 is 27.5. The number of fused-ring (bicyclic) bond motifs is 1. The molecule has 1 amide bonds. The van der Waals surface area contributed by atoms with Crippen LogP contribution in [0, 0.1) is 5.92 Å². The number of halogens is 2. The smallest absolute Gasteiger partial charge is 0.248 e. The normalized spacial score (nSPS) is 23.8. The van der Waals surface area contributed by atoms with Crippen LogP contribution in [0.1, 0.15) is 80.3 Å². The van der Waals surface area contributed by atoms with E-state index in [-0.39, 0.29) is 43.6 Å². The number of nitrogens with zero attached hydrogens (tertiary/aromatic N) is 3. The molecule has 7 nitrogen and oxygen atoms in total. The molecule has 2 aliphatic carbocycles. The number of piperazine rings is 1. The minimum Gasteiger partial charge on any atom is -0.348 e. The second kappa shape index (κ2) is 14.8. The molecule has 3 atom stereocenters. The molecule has 9 heteroatoms. The molecular weight excluding hydrogens is 534 g/mol. The maximum atomic E-state index is 13.7. The van der Waals surface area contributed by atoms with E-state index < -0.39 is 5.92 Å². The quantitative estimate of drug-likeness (QED) is 0.321. The maximum Gasteiger partial charge on any atom is 0.248 e. The molecule has 1 saturated carbocycles. The lowest BCUT2D eigenvalue weighted by atomic mass is 9.86. The highest BCUT2D eigenvalue weighted by Crippen LogP contribution is 2.37. The summed E-state index contributed by atoms with van der Waals surface area (Å²) in [6.45, 7) is 5.99. The van der Waals surface area contributed by atoms with Crippen molar-refractivity contribution in [2.45, 2.75) is 81.8 Å². The summed E-state index contributed by atoms with van der Waals surface area (Å²) >= 11 is 0. The first-order valence-electron chi connectivity index (χ1n) is 16.0. The third-order valence-corrected chi connectivity index (χ3v) is 9.35. The number of aryl methyl sites for hydroxylation is 1. The number of nitrogens with one attached hydrogen (secondary N) is 2. The Morgan fingerprint density at radius 2 is 1.95 bits per heavy atom. The number of amides is 1. The van der Waals surface area contributed by atoms with Crippen LogP contribution < -0.4 is 16.4 Å². The lowest BCUT2D eigenvalue weighted by Gasteiger charge is -2.41. The fourth-order valence-electron chi connectivity index (χ4n) is 7.01. The highest BCUT2D eigenvalue weighted by atomic mass is 19.3. The van der Waals surface area contributed by atoms with Gasteiger partial charge in [0.2, 0.25) is 11.8 Å². The minimum atomic E-state index is -2.64. The molecule has 5 rings (SSSR count). The molecule has 0 spiro atoms. The Morgan fingerprint density at radius 1 is 1.14 bits per heavy atom. The van der Waals surface area contributed by atoms with Crippen LogP contribution in [0.2, 0.25) is 0 Å². The van der Waals surface area contributed by atoms with Crippen molar-refractivity contribution in [3.05, 3.63) is 65.5 Å². The van der Waals surface area contributed by atoms with Gasteiger partial charge < -0.3 is 16.4 Å². The van der Waals surface area contributed by atoms with Gasteiger partial charge in [-0.1, -0.05) is 36.4 Å². The van der Waals surface area contributed by atoms with E-state index in [1.807, 2.05) is 42.6 Å². The van der Waals surface area contributed by atoms with Gasteiger partial charge in [0.05, 0.1) is 17.8 Å². The van der Waals surface area contributed by atoms with Crippen molar-refractivity contribution in [2.24, 2.45) is 11.7 Å². The molecule has 0 unspecified atom stereocenters. The molecule has 2 heterocycles. The van der Waals surface area contributed by atoms with Crippen LogP contribution in [0.3, 0.4) is 0 Å². The number of pyridine rings is 1. The predicted octanol–water partition coefficient (Wildman–Crippen LogP) is 4.46. The maximum absolute atomic E-state index is 13.7. The van der Waals surface area contributed by atoms with Gasteiger partial charge in [-0.25, -0.2) is 8.78 Å². The number of unbranched alkanes of at least 4 members (excludes halogenated alkanes) is 1. The van der Waals surface area contributed by atoms with E-state index in [2.05, 4.69) is 26.5 Å². The topological polar surface area (TPSA) is 86.5 Å². The average Bonchev–Trinajstić information content (AvgIpc) is 3.00. The molecule has 1 aromatic carbocycles. The van der Waals surface area contributed by atoms with Crippen LogP contribution in [-0.2, 0) is 11.2 Å². The van der Waals surface area contributed by atoms with Crippen LogP contribution in [0.5, 0.6) is 0 Å². The van der Waals surface area contributed by atoms with Crippen LogP contribution >= 0.6 is 0 Å². The summed E-state index contributed by atoms with van der Waals surface area (Å²) in [6.07, 6.45) is 7.49. The SMILES string of the molecule is NCCCCN(C[C@H]1CN(C[C@@H](NC(=O)C2CCC(F)(F)CC2)c2ccccc2)CCN1)[C@H]1CCCc2cccnc21. The largest absolute Gasteiger partial charge is 0.348 e. The number of hydrogen-bond acceptors (Lipinski definition) is 6. The average molecular weight is 583 g/mol. The van der Waals surface area contributed by atoms with E-state index in [0.29, 0.717) is 25.2 Å². The van der Waals surface area contributed by atoms with Crippen molar-refractivity contribution >= 4 is 5.91 Å². The van der Waals surface area contributed by atoms with Crippen molar-refractivity contribution in [3.8, 4) is 0 Å². The van der Waals surface area contributed by atoms with Crippen LogP contribution in [0.15, 0.2) is 48.7 Å². The fraction of sp³-hybridized carbons (Fsp3) is 0.636. The summed E-state index contributed by atoms with van der Waals surface area (Å²) in [5, 5.41) is 7.01. The first-order chi connectivity index (χ1) is 20.4. The van der Waals surface area contributed by atoms with Gasteiger partial charge in [0.25, 0.3) is 0 Å². The Balaban J connectivity index is 1.24. The monoisotopic (exact) mass is 582 g/mol. The van der Waals surface area contributed by atoms with Crippen molar-refractivity contribution in [2.75, 3.05) is 45.8 Å². The molecule has 1 saturated heterocycles. The summed E-state index contributed by atoms with van der Waals surface area (Å²) in [7, 11) is 0. The highest BCUT2D eigenvalue weighted by molar-refractivity contribution is 5.79. The predicted molar refractivity (Wildman–Crippen MR) is 162 cm³/mol. The zero-order valence-corrected chi connectivity index (χ0v) is 24.8. The van der Waals surface area contributed by atoms with Crippen molar-refractivity contribution in [1.29, 1.82) is 0 Å². The van der Waals surface area contributed by atoms with Gasteiger partial charge in [-0.15, -0.1) is 0 Å². The van der Waals surface area contributed by atoms with Crippen LogP contribution in [0.25, 0.3) is 0 Å². The lowest BCUT2D eigenvalue weighted by molar-refractivity contribution is -0.130. The first kappa shape index (κ1) is 31.0. The molecule has 0 bridgehead atoms. The van der Waals surface area contributed by atoms with E-state index in [4.69, 9.17) is 10.7 Å².